The topological polar surface area (TPSA) is 76.1 Å². The molecule has 1 saturated heterocycles. The Labute approximate surface area is 180 Å². The number of nitrogens with two attached hydrogens (primary N) is 1. The molecule has 0 saturated carbocycles. The maximum Gasteiger partial charge on any atom is 0.186 e. The SMILES string of the molecule is CC(N)=NC(=NC(C)C)c1nc2c(s1)CCOc1cc(C3CN(CCF)C3)ccc1-2. The Bertz CT molecular complexity index is 974. The Hall–Kier alpha value is -2.32. The summed E-state index contributed by atoms with van der Waals surface area (Å²) >= 11 is 1.61. The van der Waals surface area contributed by atoms with Crippen LogP contribution in [0.1, 0.15) is 42.1 Å². The molecule has 1 fully saturated rings. The summed E-state index contributed by atoms with van der Waals surface area (Å²) in [4.78, 5) is 17.3. The molecule has 0 aliphatic carbocycles. The van der Waals surface area contributed by atoms with Crippen molar-refractivity contribution in [2.24, 2.45) is 15.7 Å². The Kier molecular flexibility index (Phi) is 6.15. The first-order valence-electron chi connectivity index (χ1n) is 10.4. The lowest BCUT2D eigenvalue weighted by atomic mass is 9.90. The van der Waals surface area contributed by atoms with Gasteiger partial charge in [0.15, 0.2) is 10.8 Å². The van der Waals surface area contributed by atoms with Crippen molar-refractivity contribution in [3.63, 3.8) is 0 Å². The number of nitrogens with zero attached hydrogens (tertiary/aromatic N) is 4. The third kappa shape index (κ3) is 4.39. The van der Waals surface area contributed by atoms with E-state index in [9.17, 15) is 4.39 Å². The minimum Gasteiger partial charge on any atom is -0.492 e. The largest absolute Gasteiger partial charge is 0.492 e. The number of amidine groups is 2. The van der Waals surface area contributed by atoms with E-state index in [1.807, 2.05) is 13.8 Å². The number of rotatable bonds is 5. The zero-order chi connectivity index (χ0) is 21.3. The molecule has 2 N–H and O–H groups in total. The summed E-state index contributed by atoms with van der Waals surface area (Å²) in [5.74, 6) is 2.36. The number of alkyl halides is 1. The molecule has 0 unspecified atom stereocenters. The maximum absolute atomic E-state index is 12.5. The zero-order valence-corrected chi connectivity index (χ0v) is 18.5. The van der Waals surface area contributed by atoms with Gasteiger partial charge in [-0.05, 0) is 38.5 Å². The van der Waals surface area contributed by atoms with Crippen LogP contribution >= 0.6 is 11.3 Å². The fourth-order valence-electron chi connectivity index (χ4n) is 3.82. The van der Waals surface area contributed by atoms with Gasteiger partial charge >= 0.3 is 0 Å². The highest BCUT2D eigenvalue weighted by atomic mass is 32.1. The summed E-state index contributed by atoms with van der Waals surface area (Å²) < 4.78 is 18.6. The number of hydrogen-bond acceptors (Lipinski definition) is 5. The van der Waals surface area contributed by atoms with Crippen LogP contribution in [-0.2, 0) is 6.42 Å². The Morgan fingerprint density at radius 2 is 2.20 bits per heavy atom. The number of likely N-dealkylation sites (tertiary alicyclic amines) is 1. The van der Waals surface area contributed by atoms with Gasteiger partial charge in [-0.15, -0.1) is 11.3 Å². The number of ether oxygens (including phenoxy) is 1. The molecule has 0 bridgehead atoms. The molecule has 0 radical (unpaired) electrons. The standard InChI is InChI=1S/C22H28FN5OS/c1-13(2)25-21(26-14(3)24)22-27-20-17-5-4-15(16-11-28(12-16)8-7-23)10-18(17)29-9-6-19(20)30-22/h4-5,10,13,16H,6-9,11-12H2,1-3H3,(H2,24,25,26). The van der Waals surface area contributed by atoms with Gasteiger partial charge in [0.25, 0.3) is 0 Å². The van der Waals surface area contributed by atoms with Crippen molar-refractivity contribution in [3.05, 3.63) is 33.6 Å². The van der Waals surface area contributed by atoms with E-state index in [4.69, 9.17) is 15.5 Å². The first kappa shape index (κ1) is 20.9. The monoisotopic (exact) mass is 429 g/mol. The van der Waals surface area contributed by atoms with Gasteiger partial charge in [-0.25, -0.2) is 14.4 Å². The number of hydrogen-bond donors (Lipinski definition) is 1. The third-order valence-electron chi connectivity index (χ3n) is 5.23. The van der Waals surface area contributed by atoms with Crippen molar-refractivity contribution in [2.75, 3.05) is 32.9 Å². The van der Waals surface area contributed by atoms with E-state index in [1.165, 1.54) is 10.4 Å². The highest BCUT2D eigenvalue weighted by Gasteiger charge is 2.29. The molecule has 2 aliphatic heterocycles. The van der Waals surface area contributed by atoms with E-state index in [0.717, 1.165) is 41.5 Å². The van der Waals surface area contributed by atoms with Crippen molar-refractivity contribution < 1.29 is 9.13 Å². The van der Waals surface area contributed by atoms with E-state index in [0.29, 0.717) is 30.7 Å². The number of halogens is 1. The van der Waals surface area contributed by atoms with E-state index >= 15 is 0 Å². The normalized spacial score (nSPS) is 17.9. The van der Waals surface area contributed by atoms with Crippen LogP contribution in [0.25, 0.3) is 11.3 Å². The Morgan fingerprint density at radius 1 is 1.40 bits per heavy atom. The molecule has 3 heterocycles. The average molecular weight is 430 g/mol. The van der Waals surface area contributed by atoms with Crippen molar-refractivity contribution in [1.29, 1.82) is 0 Å². The van der Waals surface area contributed by atoms with Crippen LogP contribution in [0, 0.1) is 0 Å². The molecule has 1 aromatic carbocycles. The summed E-state index contributed by atoms with van der Waals surface area (Å²) in [5, 5.41) is 0.788. The Morgan fingerprint density at radius 3 is 2.90 bits per heavy atom. The summed E-state index contributed by atoms with van der Waals surface area (Å²) in [6, 6.07) is 6.49. The van der Waals surface area contributed by atoms with Crippen LogP contribution in [0.5, 0.6) is 5.75 Å². The van der Waals surface area contributed by atoms with Gasteiger partial charge in [0.05, 0.1) is 18.1 Å². The first-order valence-corrected chi connectivity index (χ1v) is 11.2. The van der Waals surface area contributed by atoms with E-state index in [1.54, 1.807) is 18.3 Å². The van der Waals surface area contributed by atoms with E-state index in [-0.39, 0.29) is 12.7 Å². The molecule has 0 spiro atoms. The quantitative estimate of drug-likeness (QED) is 0.582. The second-order valence-electron chi connectivity index (χ2n) is 8.09. The fourth-order valence-corrected chi connectivity index (χ4v) is 4.81. The highest BCUT2D eigenvalue weighted by Crippen LogP contribution is 2.40. The molecule has 4 rings (SSSR count). The van der Waals surface area contributed by atoms with Crippen LogP contribution in [-0.4, -0.2) is 60.5 Å². The smallest absolute Gasteiger partial charge is 0.186 e. The lowest BCUT2D eigenvalue weighted by Gasteiger charge is -2.39. The number of thiazole rings is 1. The lowest BCUT2D eigenvalue weighted by Crippen LogP contribution is -2.45. The van der Waals surface area contributed by atoms with Gasteiger partial charge in [0.2, 0.25) is 0 Å². The number of aliphatic imine (C=N–C) groups is 2. The number of benzene rings is 1. The van der Waals surface area contributed by atoms with Crippen LogP contribution in [0.4, 0.5) is 4.39 Å². The predicted octanol–water partition coefficient (Wildman–Crippen LogP) is 3.65. The molecule has 8 heteroatoms. The highest BCUT2D eigenvalue weighted by molar-refractivity contribution is 7.14. The van der Waals surface area contributed by atoms with Crippen molar-refractivity contribution in [2.45, 2.75) is 39.2 Å². The zero-order valence-electron chi connectivity index (χ0n) is 17.7. The van der Waals surface area contributed by atoms with Crippen molar-refractivity contribution in [3.8, 4) is 17.0 Å². The molecule has 1 aromatic heterocycles. The summed E-state index contributed by atoms with van der Waals surface area (Å²) in [6.07, 6.45) is 0.797. The molecular formula is C22H28FN5OS. The summed E-state index contributed by atoms with van der Waals surface area (Å²) in [6.45, 7) is 8.44. The number of aromatic nitrogens is 1. The van der Waals surface area contributed by atoms with Gasteiger partial charge < -0.3 is 10.5 Å². The summed E-state index contributed by atoms with van der Waals surface area (Å²) in [5.41, 5.74) is 9.02. The van der Waals surface area contributed by atoms with E-state index in [2.05, 4.69) is 33.1 Å². The Balaban J connectivity index is 1.65. The fraction of sp³-hybridized carbons (Fsp3) is 0.500. The van der Waals surface area contributed by atoms with Crippen molar-refractivity contribution in [1.82, 2.24) is 9.88 Å². The molecule has 0 atom stereocenters. The number of fused-ring (bicyclic) bond motifs is 3. The molecule has 0 amide bonds. The van der Waals surface area contributed by atoms with Crippen molar-refractivity contribution >= 4 is 23.0 Å². The minimum absolute atomic E-state index is 0.101. The predicted molar refractivity (Wildman–Crippen MR) is 121 cm³/mol. The maximum atomic E-state index is 12.5. The third-order valence-corrected chi connectivity index (χ3v) is 6.34. The first-order chi connectivity index (χ1) is 14.4. The van der Waals surface area contributed by atoms with Crippen LogP contribution in [0.2, 0.25) is 0 Å². The molecule has 2 aromatic rings. The van der Waals surface area contributed by atoms with Gasteiger partial charge in [-0.2, -0.15) is 0 Å². The molecule has 2 aliphatic rings. The lowest BCUT2D eigenvalue weighted by molar-refractivity contribution is 0.137. The second-order valence-corrected chi connectivity index (χ2v) is 9.17. The molecule has 6 nitrogen and oxygen atoms in total. The van der Waals surface area contributed by atoms with Crippen LogP contribution in [0.3, 0.4) is 0 Å². The summed E-state index contributed by atoms with van der Waals surface area (Å²) in [7, 11) is 0. The van der Waals surface area contributed by atoms with Gasteiger partial charge in [-0.3, -0.25) is 9.89 Å². The van der Waals surface area contributed by atoms with E-state index < -0.39 is 0 Å². The molecular weight excluding hydrogens is 401 g/mol. The van der Waals surface area contributed by atoms with Gasteiger partial charge in [-0.1, -0.05) is 6.07 Å². The van der Waals surface area contributed by atoms with Crippen LogP contribution in [0.15, 0.2) is 28.2 Å². The average Bonchev–Trinajstić information content (AvgIpc) is 2.99. The molecule has 160 valence electrons. The van der Waals surface area contributed by atoms with Gasteiger partial charge in [0, 0.05) is 48.5 Å². The minimum atomic E-state index is -0.287. The molecule has 30 heavy (non-hydrogen) atoms. The van der Waals surface area contributed by atoms with Gasteiger partial charge in [0.1, 0.15) is 12.4 Å². The van der Waals surface area contributed by atoms with Crippen LogP contribution < -0.4 is 10.5 Å². The second kappa shape index (κ2) is 8.81.